The molecule has 0 heterocycles. The first kappa shape index (κ1) is 43.0. The molecule has 0 aromatic heterocycles. The number of amides is 1. The maximum absolute atomic E-state index is 11.9. The first-order valence-corrected chi connectivity index (χ1v) is 19.1. The number of aliphatic hydroxyl groups is 3. The van der Waals surface area contributed by atoms with Crippen molar-refractivity contribution in [2.24, 2.45) is 0 Å². The molecule has 0 saturated heterocycles. The van der Waals surface area contributed by atoms with Crippen molar-refractivity contribution in [2.45, 2.75) is 122 Å². The molecule has 10 heteroatoms. The summed E-state index contributed by atoms with van der Waals surface area (Å²) in [4.78, 5) is 23.7. The van der Waals surface area contributed by atoms with Crippen molar-refractivity contribution in [3.05, 3.63) is 0 Å². The molecule has 1 amide bonds. The molecule has 0 aliphatic heterocycles. The fourth-order valence-corrected chi connectivity index (χ4v) is 5.55. The molecular formula is C31H63NO6S3. The van der Waals surface area contributed by atoms with Crippen LogP contribution in [-0.4, -0.2) is 88.9 Å². The highest BCUT2D eigenvalue weighted by Crippen LogP contribution is 2.13. The molecule has 0 rings (SSSR count). The first-order chi connectivity index (χ1) is 20.1. The smallest absolute Gasteiger partial charge is 0.305 e. The van der Waals surface area contributed by atoms with Crippen LogP contribution >= 0.6 is 36.2 Å². The first-order valence-electron chi connectivity index (χ1n) is 16.1. The molecule has 246 valence electrons. The Morgan fingerprint density at radius 2 is 0.976 bits per heavy atom. The highest BCUT2D eigenvalue weighted by atomic mass is 32.2. The van der Waals surface area contributed by atoms with Gasteiger partial charge in [0, 0.05) is 36.6 Å². The molecule has 7 nitrogen and oxygen atoms in total. The lowest BCUT2D eigenvalue weighted by Crippen LogP contribution is -2.25. The number of carbonyl (C=O) groups excluding carboxylic acids is 2. The minimum atomic E-state index is -0.118. The van der Waals surface area contributed by atoms with Gasteiger partial charge in [0.05, 0.1) is 26.4 Å². The largest absolute Gasteiger partial charge is 0.466 e. The molecule has 0 aliphatic carbocycles. The SMILES string of the molecule is O=C(CCCCCCCCCCSCCO)NCCCOC(=O)CCCCCCCCCCSCCO.OCCS. The van der Waals surface area contributed by atoms with Gasteiger partial charge in [0.15, 0.2) is 0 Å². The predicted octanol–water partition coefficient (Wildman–Crippen LogP) is 6.42. The van der Waals surface area contributed by atoms with Gasteiger partial charge in [-0.15, -0.1) is 0 Å². The van der Waals surface area contributed by atoms with E-state index in [1.54, 1.807) is 0 Å². The van der Waals surface area contributed by atoms with E-state index in [0.29, 0.717) is 38.2 Å². The van der Waals surface area contributed by atoms with Gasteiger partial charge in [0.2, 0.25) is 5.91 Å². The fraction of sp³-hybridized carbons (Fsp3) is 0.935. The lowest BCUT2D eigenvalue weighted by molar-refractivity contribution is -0.143. The number of esters is 1. The van der Waals surface area contributed by atoms with Crippen LogP contribution in [0.15, 0.2) is 0 Å². The van der Waals surface area contributed by atoms with Gasteiger partial charge in [0.1, 0.15) is 0 Å². The van der Waals surface area contributed by atoms with E-state index in [4.69, 9.17) is 20.1 Å². The second kappa shape index (κ2) is 39.9. The Labute approximate surface area is 265 Å². The summed E-state index contributed by atoms with van der Waals surface area (Å²) < 4.78 is 5.28. The number of rotatable bonds is 31. The quantitative estimate of drug-likeness (QED) is 0.0335. The van der Waals surface area contributed by atoms with Crippen LogP contribution in [0.4, 0.5) is 0 Å². The second-order valence-electron chi connectivity index (χ2n) is 10.2. The summed E-state index contributed by atoms with van der Waals surface area (Å²) in [5.74, 6) is 4.58. The molecule has 0 saturated carbocycles. The van der Waals surface area contributed by atoms with E-state index in [2.05, 4.69) is 17.9 Å². The van der Waals surface area contributed by atoms with Gasteiger partial charge in [-0.05, 0) is 43.6 Å². The van der Waals surface area contributed by atoms with Crippen LogP contribution in [0.2, 0.25) is 0 Å². The van der Waals surface area contributed by atoms with E-state index < -0.39 is 0 Å². The zero-order valence-electron chi connectivity index (χ0n) is 25.8. The molecule has 0 aliphatic rings. The number of unbranched alkanes of at least 4 members (excludes halogenated alkanes) is 14. The van der Waals surface area contributed by atoms with Gasteiger partial charge in [-0.2, -0.15) is 36.2 Å². The second-order valence-corrected chi connectivity index (χ2v) is 13.1. The molecule has 41 heavy (non-hydrogen) atoms. The fourth-order valence-electron chi connectivity index (χ4n) is 4.06. The summed E-state index contributed by atoms with van der Waals surface area (Å²) in [5, 5.41) is 28.2. The number of hydrogen-bond acceptors (Lipinski definition) is 9. The number of carbonyl (C=O) groups is 2. The highest BCUT2D eigenvalue weighted by molar-refractivity contribution is 7.99. The van der Waals surface area contributed by atoms with E-state index in [9.17, 15) is 9.59 Å². The molecule has 0 spiro atoms. The normalized spacial score (nSPS) is 10.7. The van der Waals surface area contributed by atoms with Crippen molar-refractivity contribution in [3.63, 3.8) is 0 Å². The van der Waals surface area contributed by atoms with Crippen LogP contribution in [0, 0.1) is 0 Å². The lowest BCUT2D eigenvalue weighted by atomic mass is 10.1. The van der Waals surface area contributed by atoms with Crippen LogP contribution in [0.25, 0.3) is 0 Å². The number of aliphatic hydroxyl groups excluding tert-OH is 3. The zero-order valence-corrected chi connectivity index (χ0v) is 28.4. The number of ether oxygens (including phenoxy) is 1. The average Bonchev–Trinajstić information content (AvgIpc) is 2.98. The average molecular weight is 642 g/mol. The third-order valence-electron chi connectivity index (χ3n) is 6.34. The molecule has 0 atom stereocenters. The summed E-state index contributed by atoms with van der Waals surface area (Å²) in [6.45, 7) is 1.71. The molecule has 0 radical (unpaired) electrons. The van der Waals surface area contributed by atoms with Gasteiger partial charge in [-0.3, -0.25) is 9.59 Å². The molecule has 0 unspecified atom stereocenters. The summed E-state index contributed by atoms with van der Waals surface area (Å²) in [6.07, 6.45) is 20.9. The number of nitrogens with one attached hydrogen (secondary N) is 1. The van der Waals surface area contributed by atoms with Crippen LogP contribution in [0.1, 0.15) is 122 Å². The minimum Gasteiger partial charge on any atom is -0.466 e. The summed E-state index contributed by atoms with van der Waals surface area (Å²) in [7, 11) is 0. The molecule has 0 fully saturated rings. The Bertz CT molecular complexity index is 488. The maximum atomic E-state index is 11.9. The number of thiol groups is 1. The van der Waals surface area contributed by atoms with Crippen molar-refractivity contribution < 1.29 is 29.6 Å². The van der Waals surface area contributed by atoms with Crippen molar-refractivity contribution in [2.75, 3.05) is 61.7 Å². The van der Waals surface area contributed by atoms with Crippen LogP contribution in [0.5, 0.6) is 0 Å². The van der Waals surface area contributed by atoms with E-state index in [1.807, 2.05) is 23.5 Å². The summed E-state index contributed by atoms with van der Waals surface area (Å²) >= 11 is 7.34. The van der Waals surface area contributed by atoms with Crippen molar-refractivity contribution >= 4 is 48.0 Å². The van der Waals surface area contributed by atoms with Gasteiger partial charge in [-0.1, -0.05) is 77.0 Å². The van der Waals surface area contributed by atoms with Crippen molar-refractivity contribution in [1.29, 1.82) is 0 Å². The summed E-state index contributed by atoms with van der Waals surface area (Å²) in [5.41, 5.74) is 0. The van der Waals surface area contributed by atoms with Gasteiger partial charge in [-0.25, -0.2) is 0 Å². The lowest BCUT2D eigenvalue weighted by Gasteiger charge is -2.07. The van der Waals surface area contributed by atoms with E-state index in [1.165, 1.54) is 77.0 Å². The summed E-state index contributed by atoms with van der Waals surface area (Å²) in [6, 6.07) is 0. The molecule has 0 aromatic carbocycles. The minimum absolute atomic E-state index is 0.104. The monoisotopic (exact) mass is 641 g/mol. The third kappa shape index (κ3) is 42.1. The zero-order chi connectivity index (χ0) is 30.5. The van der Waals surface area contributed by atoms with Crippen molar-refractivity contribution in [1.82, 2.24) is 5.32 Å². The van der Waals surface area contributed by atoms with Crippen LogP contribution < -0.4 is 5.32 Å². The van der Waals surface area contributed by atoms with Gasteiger partial charge in [0.25, 0.3) is 0 Å². The Morgan fingerprint density at radius 3 is 1.41 bits per heavy atom. The van der Waals surface area contributed by atoms with Gasteiger partial charge >= 0.3 is 5.97 Å². The Balaban J connectivity index is 0. The van der Waals surface area contributed by atoms with Gasteiger partial charge < -0.3 is 25.4 Å². The maximum Gasteiger partial charge on any atom is 0.305 e. The van der Waals surface area contributed by atoms with Crippen LogP contribution in [-0.2, 0) is 14.3 Å². The molecule has 0 bridgehead atoms. The third-order valence-corrected chi connectivity index (χ3v) is 8.64. The molecule has 0 aromatic rings. The molecule has 4 N–H and O–H groups in total. The molecular weight excluding hydrogens is 579 g/mol. The van der Waals surface area contributed by atoms with E-state index in [0.717, 1.165) is 48.7 Å². The Hall–Kier alpha value is -0.130. The van der Waals surface area contributed by atoms with Crippen LogP contribution in [0.3, 0.4) is 0 Å². The topological polar surface area (TPSA) is 116 Å². The Morgan fingerprint density at radius 1 is 0.561 bits per heavy atom. The standard InChI is InChI=1S/C29H57NO5S2.C2H6OS/c31-21-26-36-24-15-11-7-3-1-5-9-13-18-28(33)30-20-17-23-35-29(34)19-14-10-6-2-4-8-12-16-25-37-27-22-32;3-1-2-4/h31-32H,1-27H2,(H,30,33);3-4H,1-2H2. The number of thioether (sulfide) groups is 2. The van der Waals surface area contributed by atoms with E-state index in [-0.39, 0.29) is 31.7 Å². The number of hydrogen-bond donors (Lipinski definition) is 5. The highest BCUT2D eigenvalue weighted by Gasteiger charge is 2.04. The van der Waals surface area contributed by atoms with Crippen molar-refractivity contribution in [3.8, 4) is 0 Å². The Kier molecular flexibility index (Phi) is 41.8. The predicted molar refractivity (Wildman–Crippen MR) is 181 cm³/mol. The van der Waals surface area contributed by atoms with E-state index >= 15 is 0 Å².